The average Bonchev–Trinajstić information content (AvgIpc) is 3.52. The first-order chi connectivity index (χ1) is 18.5. The van der Waals surface area contributed by atoms with Gasteiger partial charge in [0.1, 0.15) is 28.4 Å². The summed E-state index contributed by atoms with van der Waals surface area (Å²) in [6, 6.07) is 13.2. The number of carbonyl (C=O) groups excluding carboxylic acids is 1. The summed E-state index contributed by atoms with van der Waals surface area (Å²) in [5, 5.41) is 21.0. The van der Waals surface area contributed by atoms with Crippen molar-refractivity contribution in [3.63, 3.8) is 0 Å². The highest BCUT2D eigenvalue weighted by molar-refractivity contribution is 5.99. The molecule has 0 aliphatic heterocycles. The number of phenolic OH excluding ortho intramolecular Hbond substituents is 1. The Labute approximate surface area is 215 Å². The average molecular weight is 508 g/mol. The van der Waals surface area contributed by atoms with Crippen molar-refractivity contribution in [2.75, 3.05) is 5.32 Å². The van der Waals surface area contributed by atoms with Crippen molar-refractivity contribution in [3.05, 3.63) is 72.9 Å². The van der Waals surface area contributed by atoms with E-state index in [2.05, 4.69) is 30.5 Å². The molecule has 9 nitrogen and oxygen atoms in total. The molecule has 188 valence electrons. The van der Waals surface area contributed by atoms with E-state index in [1.807, 2.05) is 31.2 Å². The Balaban J connectivity index is 1.41. The first kappa shape index (κ1) is 23.3. The molecule has 0 radical (unpaired) electrons. The van der Waals surface area contributed by atoms with Gasteiger partial charge in [-0.3, -0.25) is 14.9 Å². The van der Waals surface area contributed by atoms with Gasteiger partial charge in [0, 0.05) is 35.8 Å². The van der Waals surface area contributed by atoms with Gasteiger partial charge in [-0.15, -0.1) is 0 Å². The number of nitrogens with one attached hydrogen (secondary N) is 3. The molecule has 4 N–H and O–H groups in total. The van der Waals surface area contributed by atoms with Crippen LogP contribution in [0.25, 0.3) is 55.8 Å². The Kier molecular flexibility index (Phi) is 5.76. The highest BCUT2D eigenvalue weighted by atomic mass is 19.1. The number of carbonyl (C=O) groups is 1. The van der Waals surface area contributed by atoms with Crippen molar-refractivity contribution < 1.29 is 14.3 Å². The second-order valence-corrected chi connectivity index (χ2v) is 8.93. The van der Waals surface area contributed by atoms with Gasteiger partial charge in [0.25, 0.3) is 0 Å². The van der Waals surface area contributed by atoms with Crippen LogP contribution in [0.5, 0.6) is 5.75 Å². The molecule has 0 aliphatic rings. The first-order valence-electron chi connectivity index (χ1n) is 12.1. The van der Waals surface area contributed by atoms with E-state index in [4.69, 9.17) is 4.98 Å². The summed E-state index contributed by atoms with van der Waals surface area (Å²) in [5.41, 5.74) is 6.51. The van der Waals surface area contributed by atoms with Crippen LogP contribution in [0.15, 0.2) is 67.1 Å². The van der Waals surface area contributed by atoms with Crippen LogP contribution in [0.3, 0.4) is 0 Å². The highest BCUT2D eigenvalue weighted by Crippen LogP contribution is 2.34. The van der Waals surface area contributed by atoms with Crippen LogP contribution in [-0.4, -0.2) is 41.1 Å². The standard InChI is InChI=1S/C28H22FN7O2/c1-2-3-25(38)32-18-9-16(13-30-14-18)22-4-5-23-26(33-22)27(36-35-23)24-12-21-20(6-7-31-28(21)34-24)15-8-17(29)11-19(37)10-15/h4-14,37H,2-3H2,1H3,(H,31,34)(H,32,38)(H,35,36). The highest BCUT2D eigenvalue weighted by Gasteiger charge is 2.17. The number of fused-ring (bicyclic) bond motifs is 2. The van der Waals surface area contributed by atoms with Gasteiger partial charge in [0.2, 0.25) is 5.91 Å². The maximum absolute atomic E-state index is 14.0. The Morgan fingerprint density at radius 2 is 1.97 bits per heavy atom. The molecule has 0 atom stereocenters. The van der Waals surface area contributed by atoms with Crippen LogP contribution in [0, 0.1) is 5.82 Å². The molecular formula is C28H22FN7O2. The van der Waals surface area contributed by atoms with Gasteiger partial charge in [0.15, 0.2) is 0 Å². The quantitative estimate of drug-likeness (QED) is 0.225. The number of benzene rings is 1. The van der Waals surface area contributed by atoms with E-state index >= 15 is 0 Å². The van der Waals surface area contributed by atoms with Gasteiger partial charge in [-0.1, -0.05) is 6.92 Å². The molecular weight excluding hydrogens is 485 g/mol. The summed E-state index contributed by atoms with van der Waals surface area (Å²) >= 11 is 0. The third kappa shape index (κ3) is 4.32. The Morgan fingerprint density at radius 1 is 1.08 bits per heavy atom. The summed E-state index contributed by atoms with van der Waals surface area (Å²) < 4.78 is 14.0. The maximum Gasteiger partial charge on any atom is 0.224 e. The summed E-state index contributed by atoms with van der Waals surface area (Å²) in [5.74, 6) is -0.745. The van der Waals surface area contributed by atoms with Crippen molar-refractivity contribution in [2.45, 2.75) is 19.8 Å². The van der Waals surface area contributed by atoms with E-state index in [1.165, 1.54) is 12.1 Å². The number of pyridine rings is 3. The third-order valence-corrected chi connectivity index (χ3v) is 6.18. The van der Waals surface area contributed by atoms with Crippen molar-refractivity contribution >= 4 is 33.7 Å². The number of nitrogens with zero attached hydrogens (tertiary/aromatic N) is 4. The molecule has 1 aromatic carbocycles. The minimum absolute atomic E-state index is 0.0628. The molecule has 5 aromatic heterocycles. The molecule has 0 saturated carbocycles. The first-order valence-corrected chi connectivity index (χ1v) is 12.1. The number of anilines is 1. The molecule has 0 bridgehead atoms. The van der Waals surface area contributed by atoms with Crippen LogP contribution < -0.4 is 5.32 Å². The predicted molar refractivity (Wildman–Crippen MR) is 143 cm³/mol. The van der Waals surface area contributed by atoms with Gasteiger partial charge < -0.3 is 15.4 Å². The molecule has 5 heterocycles. The van der Waals surface area contributed by atoms with Crippen LogP contribution >= 0.6 is 0 Å². The zero-order valence-corrected chi connectivity index (χ0v) is 20.3. The smallest absolute Gasteiger partial charge is 0.224 e. The zero-order chi connectivity index (χ0) is 26.2. The van der Waals surface area contributed by atoms with E-state index in [0.717, 1.165) is 29.0 Å². The van der Waals surface area contributed by atoms with E-state index < -0.39 is 5.82 Å². The van der Waals surface area contributed by atoms with Crippen molar-refractivity contribution in [1.82, 2.24) is 30.1 Å². The number of amides is 1. The number of aromatic hydroxyl groups is 1. The fourth-order valence-electron chi connectivity index (χ4n) is 4.48. The largest absolute Gasteiger partial charge is 0.508 e. The predicted octanol–water partition coefficient (Wildman–Crippen LogP) is 5.81. The third-order valence-electron chi connectivity index (χ3n) is 6.18. The van der Waals surface area contributed by atoms with Crippen LogP contribution in [-0.2, 0) is 4.79 Å². The fraction of sp³-hybridized carbons (Fsp3) is 0.107. The summed E-state index contributed by atoms with van der Waals surface area (Å²) in [6.07, 6.45) is 6.12. The lowest BCUT2D eigenvalue weighted by Gasteiger charge is -2.06. The fourth-order valence-corrected chi connectivity index (χ4v) is 4.48. The summed E-state index contributed by atoms with van der Waals surface area (Å²) in [6.45, 7) is 1.95. The van der Waals surface area contributed by atoms with Gasteiger partial charge in [0.05, 0.1) is 28.8 Å². The molecule has 6 rings (SSSR count). The number of phenols is 1. The van der Waals surface area contributed by atoms with Crippen molar-refractivity contribution in [1.29, 1.82) is 0 Å². The minimum Gasteiger partial charge on any atom is -0.508 e. The van der Waals surface area contributed by atoms with Gasteiger partial charge in [-0.05, 0) is 60.0 Å². The lowest BCUT2D eigenvalue weighted by atomic mass is 10.0. The molecule has 1 amide bonds. The number of H-pyrrole nitrogens is 2. The van der Waals surface area contributed by atoms with E-state index in [1.54, 1.807) is 24.7 Å². The topological polar surface area (TPSA) is 132 Å². The van der Waals surface area contributed by atoms with E-state index in [9.17, 15) is 14.3 Å². The monoisotopic (exact) mass is 507 g/mol. The number of aromatic amines is 2. The number of hydrogen-bond donors (Lipinski definition) is 4. The molecule has 0 spiro atoms. The van der Waals surface area contributed by atoms with Gasteiger partial charge >= 0.3 is 0 Å². The SMILES string of the molecule is CCCC(=O)Nc1cncc(-c2ccc3[nH]nc(-c4cc5c(-c6cc(O)cc(F)c6)ccnc5[nH]4)c3n2)c1. The normalized spacial score (nSPS) is 11.3. The molecule has 6 aromatic rings. The molecule has 0 fully saturated rings. The minimum atomic E-state index is -0.528. The number of halogens is 1. The second kappa shape index (κ2) is 9.40. The van der Waals surface area contributed by atoms with Crippen LogP contribution in [0.1, 0.15) is 19.8 Å². The molecule has 0 saturated heterocycles. The Morgan fingerprint density at radius 3 is 2.82 bits per heavy atom. The van der Waals surface area contributed by atoms with Gasteiger partial charge in [-0.25, -0.2) is 14.4 Å². The molecule has 10 heteroatoms. The second-order valence-electron chi connectivity index (χ2n) is 8.93. The lowest BCUT2D eigenvalue weighted by molar-refractivity contribution is -0.116. The van der Waals surface area contributed by atoms with Crippen LogP contribution in [0.2, 0.25) is 0 Å². The lowest BCUT2D eigenvalue weighted by Crippen LogP contribution is -2.10. The number of hydrogen-bond acceptors (Lipinski definition) is 6. The Hall–Kier alpha value is -5.12. The summed E-state index contributed by atoms with van der Waals surface area (Å²) in [4.78, 5) is 28.8. The van der Waals surface area contributed by atoms with Crippen molar-refractivity contribution in [3.8, 4) is 39.5 Å². The van der Waals surface area contributed by atoms with E-state index in [-0.39, 0.29) is 11.7 Å². The Bertz CT molecular complexity index is 1810. The number of aromatic nitrogens is 6. The zero-order valence-electron chi connectivity index (χ0n) is 20.3. The van der Waals surface area contributed by atoms with Crippen LogP contribution in [0.4, 0.5) is 10.1 Å². The summed E-state index contributed by atoms with van der Waals surface area (Å²) in [7, 11) is 0. The van der Waals surface area contributed by atoms with E-state index in [0.29, 0.717) is 51.5 Å². The number of rotatable bonds is 6. The maximum atomic E-state index is 14.0. The van der Waals surface area contributed by atoms with Crippen molar-refractivity contribution in [2.24, 2.45) is 0 Å². The van der Waals surface area contributed by atoms with Gasteiger partial charge in [-0.2, -0.15) is 5.10 Å². The molecule has 0 unspecified atom stereocenters. The molecule has 38 heavy (non-hydrogen) atoms. The molecule has 0 aliphatic carbocycles.